The fourth-order valence-corrected chi connectivity index (χ4v) is 4.26. The molecule has 5 heteroatoms. The average molecular weight is 357 g/mol. The van der Waals surface area contributed by atoms with Crippen molar-refractivity contribution in [3.8, 4) is 0 Å². The number of rotatable bonds is 5. The van der Waals surface area contributed by atoms with Crippen LogP contribution in [0.1, 0.15) is 55.5 Å². The number of aryl methyl sites for hydroxylation is 1. The number of pyridine rings is 1. The molecule has 1 N–H and O–H groups in total. The van der Waals surface area contributed by atoms with Gasteiger partial charge in [0.05, 0.1) is 17.8 Å². The third-order valence-electron chi connectivity index (χ3n) is 5.01. The molecule has 1 fully saturated rings. The van der Waals surface area contributed by atoms with E-state index in [9.17, 15) is 0 Å². The van der Waals surface area contributed by atoms with Gasteiger partial charge in [-0.05, 0) is 62.7 Å². The quantitative estimate of drug-likeness (QED) is 0.816. The summed E-state index contributed by atoms with van der Waals surface area (Å²) in [6.45, 7) is 13.0. The van der Waals surface area contributed by atoms with Crippen LogP contribution in [0.2, 0.25) is 0 Å². The van der Waals surface area contributed by atoms with Crippen molar-refractivity contribution in [2.24, 2.45) is 5.92 Å². The zero-order valence-corrected chi connectivity index (χ0v) is 16.6. The number of hydrogen-bond acceptors (Lipinski definition) is 2. The Hall–Kier alpha value is -1.88. The molecule has 25 heavy (non-hydrogen) atoms. The van der Waals surface area contributed by atoms with Gasteiger partial charge >= 0.3 is 0 Å². The molecule has 1 saturated heterocycles. The van der Waals surface area contributed by atoms with Crippen molar-refractivity contribution in [2.45, 2.75) is 53.2 Å². The van der Waals surface area contributed by atoms with E-state index in [-0.39, 0.29) is 12.1 Å². The van der Waals surface area contributed by atoms with Crippen LogP contribution in [-0.4, -0.2) is 26.1 Å². The first-order chi connectivity index (χ1) is 11.9. The molecule has 0 bridgehead atoms. The highest BCUT2D eigenvalue weighted by Gasteiger charge is 2.41. The van der Waals surface area contributed by atoms with Crippen molar-refractivity contribution in [1.29, 1.82) is 0 Å². The number of thiocarbonyl (C=S) groups is 1. The Morgan fingerprint density at radius 1 is 1.28 bits per heavy atom. The summed E-state index contributed by atoms with van der Waals surface area (Å²) >= 11 is 5.70. The van der Waals surface area contributed by atoms with Crippen molar-refractivity contribution in [1.82, 2.24) is 19.8 Å². The minimum atomic E-state index is 0.0817. The summed E-state index contributed by atoms with van der Waals surface area (Å²) < 4.78 is 2.37. The van der Waals surface area contributed by atoms with E-state index < -0.39 is 0 Å². The summed E-state index contributed by atoms with van der Waals surface area (Å²) in [4.78, 5) is 6.96. The normalized spacial score (nSPS) is 20.4. The zero-order chi connectivity index (χ0) is 18.1. The fraction of sp³-hybridized carbons (Fsp3) is 0.500. The van der Waals surface area contributed by atoms with E-state index in [1.807, 2.05) is 18.3 Å². The van der Waals surface area contributed by atoms with E-state index in [0.29, 0.717) is 5.92 Å². The van der Waals surface area contributed by atoms with Gasteiger partial charge in [-0.3, -0.25) is 4.98 Å². The van der Waals surface area contributed by atoms with Crippen LogP contribution >= 0.6 is 12.2 Å². The Labute approximate surface area is 156 Å². The van der Waals surface area contributed by atoms with E-state index in [4.69, 9.17) is 12.2 Å². The molecule has 134 valence electrons. The molecule has 4 nitrogen and oxygen atoms in total. The lowest BCUT2D eigenvalue weighted by molar-refractivity contribution is 0.286. The van der Waals surface area contributed by atoms with Gasteiger partial charge in [0.25, 0.3) is 0 Å². The van der Waals surface area contributed by atoms with E-state index in [1.165, 1.54) is 17.0 Å². The highest BCUT2D eigenvalue weighted by molar-refractivity contribution is 7.80. The lowest BCUT2D eigenvalue weighted by Crippen LogP contribution is -2.33. The van der Waals surface area contributed by atoms with Gasteiger partial charge in [-0.1, -0.05) is 19.9 Å². The number of hydrogen-bond donors (Lipinski definition) is 1. The summed E-state index contributed by atoms with van der Waals surface area (Å²) in [7, 11) is 0. The van der Waals surface area contributed by atoms with Crippen molar-refractivity contribution in [3.05, 3.63) is 53.1 Å². The maximum Gasteiger partial charge on any atom is 0.170 e. The number of nitrogens with one attached hydrogen (secondary N) is 1. The minimum Gasteiger partial charge on any atom is -0.352 e. The molecule has 0 saturated carbocycles. The largest absolute Gasteiger partial charge is 0.352 e. The molecule has 0 spiro atoms. The standard InChI is InChI=1S/C20H28N4S/c1-6-23-14(4)11-16(15(23)5)19-18(17-9-7-8-10-21-17)22-20(25)24(19)12-13(2)3/h7-11,13,18-19H,6,12H2,1-5H3,(H,22,25)/t18-,19-/m0/s1. The first-order valence-electron chi connectivity index (χ1n) is 9.08. The molecular weight excluding hydrogens is 328 g/mol. The predicted octanol–water partition coefficient (Wildman–Crippen LogP) is 4.15. The molecule has 3 heterocycles. The summed E-state index contributed by atoms with van der Waals surface area (Å²) in [6, 6.07) is 8.67. The maximum absolute atomic E-state index is 5.70. The van der Waals surface area contributed by atoms with Gasteiger partial charge in [-0.15, -0.1) is 0 Å². The van der Waals surface area contributed by atoms with Crippen LogP contribution in [0.5, 0.6) is 0 Å². The topological polar surface area (TPSA) is 33.1 Å². The third kappa shape index (κ3) is 3.30. The van der Waals surface area contributed by atoms with Crippen molar-refractivity contribution < 1.29 is 0 Å². The van der Waals surface area contributed by atoms with Gasteiger partial charge in [0.2, 0.25) is 0 Å². The number of nitrogens with zero attached hydrogens (tertiary/aromatic N) is 3. The van der Waals surface area contributed by atoms with Gasteiger partial charge < -0.3 is 14.8 Å². The molecule has 0 aromatic carbocycles. The highest BCUT2D eigenvalue weighted by atomic mass is 32.1. The highest BCUT2D eigenvalue weighted by Crippen LogP contribution is 2.41. The molecule has 0 unspecified atom stereocenters. The molecule has 2 atom stereocenters. The van der Waals surface area contributed by atoms with E-state index in [1.54, 1.807) is 0 Å². The molecule has 3 rings (SSSR count). The van der Waals surface area contributed by atoms with Gasteiger partial charge in [0.15, 0.2) is 5.11 Å². The summed E-state index contributed by atoms with van der Waals surface area (Å²) in [5.41, 5.74) is 5.02. The lowest BCUT2D eigenvalue weighted by Gasteiger charge is -2.29. The van der Waals surface area contributed by atoms with Crippen molar-refractivity contribution in [3.63, 3.8) is 0 Å². The first kappa shape index (κ1) is 17.9. The van der Waals surface area contributed by atoms with Crippen LogP contribution in [0.15, 0.2) is 30.5 Å². The smallest absolute Gasteiger partial charge is 0.170 e. The molecule has 0 radical (unpaired) electrons. The van der Waals surface area contributed by atoms with Gasteiger partial charge in [-0.2, -0.15) is 0 Å². The average Bonchev–Trinajstić information content (AvgIpc) is 3.04. The Morgan fingerprint density at radius 3 is 2.60 bits per heavy atom. The van der Waals surface area contributed by atoms with Crippen LogP contribution in [-0.2, 0) is 6.54 Å². The Kier molecular flexibility index (Phi) is 5.13. The SMILES string of the molecule is CCn1c(C)cc([C@H]2[C@H](c3ccccn3)NC(=S)N2CC(C)C)c1C. The van der Waals surface area contributed by atoms with Crippen LogP contribution in [0, 0.1) is 19.8 Å². The van der Waals surface area contributed by atoms with E-state index >= 15 is 0 Å². The Balaban J connectivity index is 2.09. The molecule has 2 aromatic rings. The van der Waals surface area contributed by atoms with E-state index in [0.717, 1.165) is 23.9 Å². The lowest BCUT2D eigenvalue weighted by atomic mass is 9.96. The van der Waals surface area contributed by atoms with Crippen LogP contribution in [0.4, 0.5) is 0 Å². The van der Waals surface area contributed by atoms with Crippen LogP contribution < -0.4 is 5.32 Å². The molecule has 1 aliphatic rings. The fourth-order valence-electron chi connectivity index (χ4n) is 3.95. The predicted molar refractivity (Wildman–Crippen MR) is 107 cm³/mol. The Bertz CT molecular complexity index is 751. The molecular formula is C20H28N4S. The van der Waals surface area contributed by atoms with Crippen molar-refractivity contribution >= 4 is 17.3 Å². The maximum atomic E-state index is 5.70. The molecule has 0 amide bonds. The second-order valence-electron chi connectivity index (χ2n) is 7.24. The minimum absolute atomic E-state index is 0.0817. The van der Waals surface area contributed by atoms with Gasteiger partial charge in [0.1, 0.15) is 0 Å². The van der Waals surface area contributed by atoms with E-state index in [2.05, 4.69) is 66.5 Å². The first-order valence-corrected chi connectivity index (χ1v) is 9.49. The molecule has 1 aliphatic heterocycles. The Morgan fingerprint density at radius 2 is 2.04 bits per heavy atom. The number of aromatic nitrogens is 2. The van der Waals surface area contributed by atoms with Gasteiger partial charge in [0, 0.05) is 30.7 Å². The molecule has 2 aromatic heterocycles. The van der Waals surface area contributed by atoms with Crippen LogP contribution in [0.3, 0.4) is 0 Å². The van der Waals surface area contributed by atoms with Crippen LogP contribution in [0.25, 0.3) is 0 Å². The zero-order valence-electron chi connectivity index (χ0n) is 15.8. The summed E-state index contributed by atoms with van der Waals surface area (Å²) in [5, 5.41) is 4.36. The second-order valence-corrected chi connectivity index (χ2v) is 7.63. The molecule has 0 aliphatic carbocycles. The van der Waals surface area contributed by atoms with Gasteiger partial charge in [-0.25, -0.2) is 0 Å². The summed E-state index contributed by atoms with van der Waals surface area (Å²) in [5.74, 6) is 0.541. The summed E-state index contributed by atoms with van der Waals surface area (Å²) in [6.07, 6.45) is 1.86. The second kappa shape index (κ2) is 7.16. The third-order valence-corrected chi connectivity index (χ3v) is 5.36. The monoisotopic (exact) mass is 356 g/mol. The van der Waals surface area contributed by atoms with Crippen molar-refractivity contribution in [2.75, 3.05) is 6.54 Å².